The first-order chi connectivity index (χ1) is 14.6. The first kappa shape index (κ1) is 21.0. The van der Waals surface area contributed by atoms with E-state index in [0.29, 0.717) is 23.0 Å². The van der Waals surface area contributed by atoms with Crippen LogP contribution < -0.4 is 10.2 Å². The van der Waals surface area contributed by atoms with E-state index in [9.17, 15) is 5.11 Å². The molecule has 1 aromatic carbocycles. The molecule has 0 bridgehead atoms. The fourth-order valence-corrected chi connectivity index (χ4v) is 4.83. The number of aromatic nitrogens is 3. The lowest BCUT2D eigenvalue weighted by atomic mass is 9.79. The summed E-state index contributed by atoms with van der Waals surface area (Å²) >= 11 is 0. The minimum atomic E-state index is 0.0437. The van der Waals surface area contributed by atoms with Crippen molar-refractivity contribution in [2.75, 3.05) is 11.9 Å². The van der Waals surface area contributed by atoms with Crippen molar-refractivity contribution in [3.63, 3.8) is 0 Å². The van der Waals surface area contributed by atoms with Gasteiger partial charge in [-0.1, -0.05) is 0 Å². The summed E-state index contributed by atoms with van der Waals surface area (Å²) in [6.45, 7) is 8.94. The molecule has 1 aliphatic heterocycles. The number of fused-ring (bicyclic) bond motifs is 1. The molecule has 0 atom stereocenters. The zero-order valence-electron chi connectivity index (χ0n) is 18.6. The lowest BCUT2D eigenvalue weighted by Gasteiger charge is -2.49. The van der Waals surface area contributed by atoms with Gasteiger partial charge >= 0.3 is 0 Å². The maximum Gasteiger partial charge on any atom is 0.151 e. The van der Waals surface area contributed by atoms with Crippen molar-refractivity contribution in [1.29, 1.82) is 5.26 Å². The predicted octanol–water partition coefficient (Wildman–Crippen LogP) is 4.01. The van der Waals surface area contributed by atoms with Crippen LogP contribution in [0.15, 0.2) is 36.5 Å². The Bertz CT molecular complexity index is 1150. The highest BCUT2D eigenvalue weighted by Gasteiger charge is 2.39. The molecular formula is C24H28N6O. The number of pyridine rings is 1. The molecule has 31 heavy (non-hydrogen) atoms. The molecule has 0 amide bonds. The fourth-order valence-electron chi connectivity index (χ4n) is 4.83. The Balaban J connectivity index is 1.62. The second-order valence-electron chi connectivity index (χ2n) is 9.74. The van der Waals surface area contributed by atoms with Crippen LogP contribution in [0.3, 0.4) is 0 Å². The average Bonchev–Trinajstić information content (AvgIpc) is 2.70. The van der Waals surface area contributed by atoms with Gasteiger partial charge in [0.25, 0.3) is 0 Å². The molecule has 0 radical (unpaired) electrons. The van der Waals surface area contributed by atoms with E-state index in [0.717, 1.165) is 29.4 Å². The third-order valence-corrected chi connectivity index (χ3v) is 5.95. The van der Waals surface area contributed by atoms with Crippen molar-refractivity contribution in [2.45, 2.75) is 57.7 Å². The van der Waals surface area contributed by atoms with Gasteiger partial charge in [-0.2, -0.15) is 5.26 Å². The number of hydrogen-bond acceptors (Lipinski definition) is 7. The van der Waals surface area contributed by atoms with Crippen LogP contribution >= 0.6 is 0 Å². The molecule has 4 rings (SSSR count). The first-order valence-corrected chi connectivity index (χ1v) is 10.5. The van der Waals surface area contributed by atoms with E-state index < -0.39 is 0 Å². The third-order valence-electron chi connectivity index (χ3n) is 5.95. The second-order valence-corrected chi connectivity index (χ2v) is 9.74. The van der Waals surface area contributed by atoms with Crippen molar-refractivity contribution >= 4 is 16.6 Å². The van der Waals surface area contributed by atoms with Crippen LogP contribution in [-0.2, 0) is 0 Å². The Morgan fingerprint density at radius 1 is 1.06 bits per heavy atom. The molecule has 0 unspecified atom stereocenters. The number of nitrogens with one attached hydrogen (secondary N) is 1. The number of anilines is 1. The number of rotatable bonds is 3. The number of benzene rings is 1. The largest absolute Gasteiger partial charge is 0.507 e. The van der Waals surface area contributed by atoms with Crippen molar-refractivity contribution < 1.29 is 5.11 Å². The molecule has 1 aliphatic rings. The summed E-state index contributed by atoms with van der Waals surface area (Å²) in [6.07, 6.45) is 3.61. The number of phenolic OH excluding ortho intramolecular Hbond substituents is 1. The van der Waals surface area contributed by atoms with E-state index in [4.69, 9.17) is 5.26 Å². The lowest BCUT2D eigenvalue weighted by molar-refractivity contribution is 0.160. The van der Waals surface area contributed by atoms with Crippen LogP contribution in [0.5, 0.6) is 5.75 Å². The minimum Gasteiger partial charge on any atom is -0.507 e. The molecule has 0 spiro atoms. The smallest absolute Gasteiger partial charge is 0.151 e. The van der Waals surface area contributed by atoms with Gasteiger partial charge in [0.2, 0.25) is 0 Å². The zero-order chi connectivity index (χ0) is 22.4. The molecule has 2 aromatic heterocycles. The highest BCUT2D eigenvalue weighted by molar-refractivity contribution is 5.89. The molecule has 3 heterocycles. The quantitative estimate of drug-likeness (QED) is 0.665. The topological polar surface area (TPSA) is 98.0 Å². The summed E-state index contributed by atoms with van der Waals surface area (Å²) in [5.41, 5.74) is 1.58. The highest BCUT2D eigenvalue weighted by Crippen LogP contribution is 2.34. The van der Waals surface area contributed by atoms with Crippen LogP contribution in [0.4, 0.5) is 5.82 Å². The number of nitrogens with zero attached hydrogens (tertiary/aromatic N) is 5. The third kappa shape index (κ3) is 4.30. The van der Waals surface area contributed by atoms with Gasteiger partial charge in [-0.25, -0.2) is 4.98 Å². The van der Waals surface area contributed by atoms with E-state index in [2.05, 4.69) is 60.1 Å². The van der Waals surface area contributed by atoms with E-state index in [-0.39, 0.29) is 16.8 Å². The van der Waals surface area contributed by atoms with Gasteiger partial charge in [0, 0.05) is 41.3 Å². The maximum atomic E-state index is 10.5. The first-order valence-electron chi connectivity index (χ1n) is 10.5. The van der Waals surface area contributed by atoms with Crippen LogP contribution in [0, 0.1) is 11.3 Å². The molecule has 160 valence electrons. The van der Waals surface area contributed by atoms with Crippen LogP contribution in [0.2, 0.25) is 0 Å². The van der Waals surface area contributed by atoms with E-state index in [1.807, 2.05) is 24.3 Å². The summed E-state index contributed by atoms with van der Waals surface area (Å²) in [6, 6.07) is 11.4. The summed E-state index contributed by atoms with van der Waals surface area (Å²) < 4.78 is 0. The van der Waals surface area contributed by atoms with E-state index >= 15 is 0 Å². The molecule has 0 aliphatic carbocycles. The molecule has 0 saturated carbocycles. The van der Waals surface area contributed by atoms with Gasteiger partial charge in [0.1, 0.15) is 17.5 Å². The summed E-state index contributed by atoms with van der Waals surface area (Å²) in [4.78, 5) is 6.26. The number of aromatic hydroxyl groups is 1. The van der Waals surface area contributed by atoms with Crippen molar-refractivity contribution in [3.05, 3.63) is 42.2 Å². The number of phenols is 1. The Labute approximate surface area is 182 Å². The van der Waals surface area contributed by atoms with Gasteiger partial charge in [-0.05, 0) is 76.3 Å². The normalized spacial score (nSPS) is 17.9. The highest BCUT2D eigenvalue weighted by atomic mass is 16.3. The van der Waals surface area contributed by atoms with E-state index in [1.54, 1.807) is 18.3 Å². The number of piperidine rings is 1. The van der Waals surface area contributed by atoms with Crippen LogP contribution in [0.1, 0.15) is 46.2 Å². The molecule has 3 aromatic rings. The van der Waals surface area contributed by atoms with Crippen molar-refractivity contribution in [3.8, 4) is 23.1 Å². The molecule has 7 nitrogen and oxygen atoms in total. The SMILES string of the molecule is CN(c1ccc(-c2cc3cc(C#N)ncc3cc2O)nn1)C1CC(C)(C)NC(C)(C)C1. The van der Waals surface area contributed by atoms with Crippen LogP contribution in [-0.4, -0.2) is 44.5 Å². The molecular weight excluding hydrogens is 388 g/mol. The standard InChI is InChI=1S/C24H28N6O/c1-23(2)11-18(12-24(3,4)29-23)30(5)22-7-6-20(27-28-22)19-9-15-8-17(13-25)26-14-16(15)10-21(19)31/h6-10,14,18,29,31H,11-12H2,1-5H3. The number of nitriles is 1. The number of hydrogen-bond donors (Lipinski definition) is 2. The predicted molar refractivity (Wildman–Crippen MR) is 122 cm³/mol. The van der Waals surface area contributed by atoms with Crippen molar-refractivity contribution in [1.82, 2.24) is 20.5 Å². The minimum absolute atomic E-state index is 0.0437. The second kappa shape index (κ2) is 7.47. The van der Waals surface area contributed by atoms with Crippen LogP contribution in [0.25, 0.3) is 22.0 Å². The zero-order valence-corrected chi connectivity index (χ0v) is 18.6. The summed E-state index contributed by atoms with van der Waals surface area (Å²) in [7, 11) is 2.07. The van der Waals surface area contributed by atoms with Gasteiger partial charge in [-0.3, -0.25) is 0 Å². The summed E-state index contributed by atoms with van der Waals surface area (Å²) in [5, 5.41) is 33.8. The maximum absolute atomic E-state index is 10.5. The Morgan fingerprint density at radius 3 is 2.39 bits per heavy atom. The molecule has 7 heteroatoms. The average molecular weight is 417 g/mol. The van der Waals surface area contributed by atoms with Crippen molar-refractivity contribution in [2.24, 2.45) is 0 Å². The lowest BCUT2D eigenvalue weighted by Crippen LogP contribution is -2.62. The Morgan fingerprint density at radius 2 is 1.77 bits per heavy atom. The van der Waals surface area contributed by atoms with Gasteiger partial charge in [0.15, 0.2) is 5.82 Å². The van der Waals surface area contributed by atoms with Gasteiger partial charge < -0.3 is 15.3 Å². The molecule has 1 saturated heterocycles. The Kier molecular flexibility index (Phi) is 5.06. The molecule has 1 fully saturated rings. The molecule has 2 N–H and O–H groups in total. The van der Waals surface area contributed by atoms with E-state index in [1.165, 1.54) is 0 Å². The summed E-state index contributed by atoms with van der Waals surface area (Å²) in [5.74, 6) is 0.912. The monoisotopic (exact) mass is 416 g/mol. The Hall–Kier alpha value is -3.24. The fraction of sp³-hybridized carbons (Fsp3) is 0.417. The van der Waals surface area contributed by atoms with Gasteiger partial charge in [0.05, 0.1) is 5.69 Å². The van der Waals surface area contributed by atoms with Gasteiger partial charge in [-0.15, -0.1) is 10.2 Å².